The molecular formula is C18H13F3N2O2. The number of aromatic amines is 1. The van der Waals surface area contributed by atoms with Gasteiger partial charge in [0.15, 0.2) is 0 Å². The summed E-state index contributed by atoms with van der Waals surface area (Å²) in [4.78, 5) is 27.3. The molecule has 25 heavy (non-hydrogen) atoms. The van der Waals surface area contributed by atoms with Gasteiger partial charge in [-0.3, -0.25) is 9.59 Å². The van der Waals surface area contributed by atoms with Crippen molar-refractivity contribution in [3.63, 3.8) is 0 Å². The predicted molar refractivity (Wildman–Crippen MR) is 88.7 cm³/mol. The fraction of sp³-hybridized carbons (Fsp3) is 0.111. The van der Waals surface area contributed by atoms with Crippen molar-refractivity contribution in [1.82, 2.24) is 4.98 Å². The summed E-state index contributed by atoms with van der Waals surface area (Å²) in [6.07, 6.45) is -3.60. The van der Waals surface area contributed by atoms with Gasteiger partial charge < -0.3 is 10.3 Å². The maximum absolute atomic E-state index is 13.0. The number of nitrogens with one attached hydrogen (secondary N) is 2. The van der Waals surface area contributed by atoms with Crippen molar-refractivity contribution in [1.29, 1.82) is 0 Å². The molecule has 0 saturated heterocycles. The number of para-hydroxylation sites is 2. The first-order chi connectivity index (χ1) is 11.8. The number of hydrogen-bond donors (Lipinski definition) is 2. The molecule has 128 valence electrons. The molecule has 3 aromatic rings. The molecule has 1 amide bonds. The molecule has 0 aliphatic heterocycles. The van der Waals surface area contributed by atoms with E-state index in [1.54, 1.807) is 31.2 Å². The molecule has 2 N–H and O–H groups in total. The van der Waals surface area contributed by atoms with Crippen LogP contribution in [0.1, 0.15) is 21.5 Å². The number of benzene rings is 2. The molecular weight excluding hydrogens is 333 g/mol. The third-order valence-corrected chi connectivity index (χ3v) is 3.86. The van der Waals surface area contributed by atoms with Crippen LogP contribution in [0.15, 0.2) is 53.5 Å². The average molecular weight is 346 g/mol. The first-order valence-electron chi connectivity index (χ1n) is 7.37. The van der Waals surface area contributed by atoms with Gasteiger partial charge in [0.05, 0.1) is 11.1 Å². The lowest BCUT2D eigenvalue weighted by Crippen LogP contribution is -2.23. The number of carbonyl (C=O) groups excluding carboxylic acids is 1. The second-order valence-corrected chi connectivity index (χ2v) is 5.53. The Kier molecular flexibility index (Phi) is 4.08. The number of hydrogen-bond acceptors (Lipinski definition) is 2. The second kappa shape index (κ2) is 6.08. The molecule has 0 aliphatic rings. The Morgan fingerprint density at radius 2 is 1.80 bits per heavy atom. The highest BCUT2D eigenvalue weighted by Crippen LogP contribution is 2.33. The van der Waals surface area contributed by atoms with E-state index in [4.69, 9.17) is 0 Å². The van der Waals surface area contributed by atoms with Gasteiger partial charge in [-0.25, -0.2) is 0 Å². The van der Waals surface area contributed by atoms with E-state index in [0.717, 1.165) is 23.9 Å². The van der Waals surface area contributed by atoms with Crippen molar-refractivity contribution in [3.8, 4) is 0 Å². The standard InChI is InChI=1S/C18H13F3N2O2/c1-10-5-2-3-8-14(10)23-17(25)12-9-22-15-11(16(12)24)6-4-7-13(15)18(19,20)21/h2-9H,1H3,(H,22,24)(H,23,25). The maximum atomic E-state index is 13.0. The Morgan fingerprint density at radius 3 is 2.48 bits per heavy atom. The smallest absolute Gasteiger partial charge is 0.360 e. The van der Waals surface area contributed by atoms with Crippen LogP contribution in [-0.2, 0) is 6.18 Å². The molecule has 2 aromatic carbocycles. The summed E-state index contributed by atoms with van der Waals surface area (Å²) in [6.45, 7) is 1.79. The van der Waals surface area contributed by atoms with Crippen molar-refractivity contribution >= 4 is 22.5 Å². The predicted octanol–water partition coefficient (Wildman–Crippen LogP) is 4.11. The van der Waals surface area contributed by atoms with Crippen LogP contribution in [0.2, 0.25) is 0 Å². The second-order valence-electron chi connectivity index (χ2n) is 5.53. The van der Waals surface area contributed by atoms with Gasteiger partial charge in [0.1, 0.15) is 5.56 Å². The first-order valence-corrected chi connectivity index (χ1v) is 7.37. The third kappa shape index (κ3) is 3.13. The van der Waals surface area contributed by atoms with Gasteiger partial charge in [-0.1, -0.05) is 24.3 Å². The Hall–Kier alpha value is -3.09. The minimum absolute atomic E-state index is 0.188. The number of anilines is 1. The SMILES string of the molecule is Cc1ccccc1NC(=O)c1c[nH]c2c(C(F)(F)F)cccc2c1=O. The normalized spacial score (nSPS) is 11.5. The molecule has 0 aliphatic carbocycles. The number of amides is 1. The van der Waals surface area contributed by atoms with Crippen LogP contribution in [0.25, 0.3) is 10.9 Å². The summed E-state index contributed by atoms with van der Waals surface area (Å²) < 4.78 is 39.1. The Morgan fingerprint density at radius 1 is 1.08 bits per heavy atom. The monoisotopic (exact) mass is 346 g/mol. The van der Waals surface area contributed by atoms with Gasteiger partial charge in [-0.05, 0) is 30.7 Å². The van der Waals surface area contributed by atoms with E-state index >= 15 is 0 Å². The molecule has 3 rings (SSSR count). The highest BCUT2D eigenvalue weighted by molar-refractivity contribution is 6.06. The molecule has 0 spiro atoms. The van der Waals surface area contributed by atoms with Crippen LogP contribution < -0.4 is 10.7 Å². The van der Waals surface area contributed by atoms with Gasteiger partial charge in [-0.15, -0.1) is 0 Å². The number of alkyl halides is 3. The largest absolute Gasteiger partial charge is 0.418 e. The van der Waals surface area contributed by atoms with E-state index in [0.29, 0.717) is 5.69 Å². The van der Waals surface area contributed by atoms with Crippen LogP contribution in [-0.4, -0.2) is 10.9 Å². The minimum Gasteiger partial charge on any atom is -0.360 e. The van der Waals surface area contributed by atoms with E-state index in [-0.39, 0.29) is 16.5 Å². The van der Waals surface area contributed by atoms with Crippen molar-refractivity contribution in [2.45, 2.75) is 13.1 Å². The zero-order chi connectivity index (χ0) is 18.2. The summed E-state index contributed by atoms with van der Waals surface area (Å²) in [5.74, 6) is -0.685. The molecule has 1 heterocycles. The Labute approximate surface area is 140 Å². The molecule has 0 unspecified atom stereocenters. The van der Waals surface area contributed by atoms with E-state index < -0.39 is 23.1 Å². The van der Waals surface area contributed by atoms with E-state index in [2.05, 4.69) is 10.3 Å². The minimum atomic E-state index is -4.60. The highest BCUT2D eigenvalue weighted by atomic mass is 19.4. The van der Waals surface area contributed by atoms with Crippen LogP contribution >= 0.6 is 0 Å². The van der Waals surface area contributed by atoms with Gasteiger partial charge in [0.2, 0.25) is 5.43 Å². The lowest BCUT2D eigenvalue weighted by atomic mass is 10.1. The molecule has 1 aromatic heterocycles. The van der Waals surface area contributed by atoms with Crippen LogP contribution in [0, 0.1) is 6.92 Å². The summed E-state index contributed by atoms with van der Waals surface area (Å²) in [5, 5.41) is 2.41. The molecule has 0 atom stereocenters. The van der Waals surface area contributed by atoms with E-state index in [1.807, 2.05) is 0 Å². The van der Waals surface area contributed by atoms with E-state index in [1.165, 1.54) is 6.07 Å². The number of halogens is 3. The number of pyridine rings is 1. The van der Waals surface area contributed by atoms with Crippen molar-refractivity contribution in [2.75, 3.05) is 5.32 Å². The first kappa shape index (κ1) is 16.8. The Bertz CT molecular complexity index is 1020. The quantitative estimate of drug-likeness (QED) is 0.734. The van der Waals surface area contributed by atoms with Crippen molar-refractivity contribution in [2.24, 2.45) is 0 Å². The van der Waals surface area contributed by atoms with Crippen molar-refractivity contribution in [3.05, 3.63) is 75.6 Å². The fourth-order valence-corrected chi connectivity index (χ4v) is 2.56. The summed E-state index contributed by atoms with van der Waals surface area (Å²) in [6, 6.07) is 10.3. The number of rotatable bonds is 2. The number of fused-ring (bicyclic) bond motifs is 1. The number of H-pyrrole nitrogens is 1. The zero-order valence-electron chi connectivity index (χ0n) is 13.1. The fourth-order valence-electron chi connectivity index (χ4n) is 2.56. The highest BCUT2D eigenvalue weighted by Gasteiger charge is 2.33. The van der Waals surface area contributed by atoms with Gasteiger partial charge in [-0.2, -0.15) is 13.2 Å². The molecule has 0 fully saturated rings. The summed E-state index contributed by atoms with van der Waals surface area (Å²) in [7, 11) is 0. The molecule has 0 saturated carbocycles. The van der Waals surface area contributed by atoms with Crippen molar-refractivity contribution < 1.29 is 18.0 Å². The molecule has 7 heteroatoms. The molecule has 0 bridgehead atoms. The van der Waals surface area contributed by atoms with Gasteiger partial charge in [0.25, 0.3) is 5.91 Å². The number of aryl methyl sites for hydroxylation is 1. The van der Waals surface area contributed by atoms with Crippen LogP contribution in [0.3, 0.4) is 0 Å². The summed E-state index contributed by atoms with van der Waals surface area (Å²) >= 11 is 0. The van der Waals surface area contributed by atoms with E-state index in [9.17, 15) is 22.8 Å². The lowest BCUT2D eigenvalue weighted by molar-refractivity contribution is -0.136. The maximum Gasteiger partial charge on any atom is 0.418 e. The summed E-state index contributed by atoms with van der Waals surface area (Å²) in [5.41, 5.74) is -0.982. The topological polar surface area (TPSA) is 62.0 Å². The zero-order valence-corrected chi connectivity index (χ0v) is 13.1. The average Bonchev–Trinajstić information content (AvgIpc) is 2.56. The lowest BCUT2D eigenvalue weighted by Gasteiger charge is -2.11. The van der Waals surface area contributed by atoms with Crippen LogP contribution in [0.4, 0.5) is 18.9 Å². The molecule has 4 nitrogen and oxygen atoms in total. The van der Waals surface area contributed by atoms with Gasteiger partial charge >= 0.3 is 6.18 Å². The number of carbonyl (C=O) groups is 1. The number of aromatic nitrogens is 1. The van der Waals surface area contributed by atoms with Gasteiger partial charge in [0, 0.05) is 17.3 Å². The molecule has 0 radical (unpaired) electrons. The van der Waals surface area contributed by atoms with Crippen LogP contribution in [0.5, 0.6) is 0 Å². The third-order valence-electron chi connectivity index (χ3n) is 3.86. The Balaban J connectivity index is 2.07.